The minimum Gasteiger partial charge on any atom is -0.311 e. The van der Waals surface area contributed by atoms with Crippen molar-refractivity contribution in [3.63, 3.8) is 0 Å². The highest BCUT2D eigenvalue weighted by atomic mass is 15.1. The Balaban J connectivity index is 2.33. The largest absolute Gasteiger partial charge is 0.311 e. The van der Waals surface area contributed by atoms with Crippen LogP contribution in [0, 0.1) is 11.8 Å². The Hall–Kier alpha value is -0.0800. The number of nitrogens with one attached hydrogen (secondary N) is 1. The van der Waals surface area contributed by atoms with Gasteiger partial charge in [-0.15, -0.1) is 0 Å². The third-order valence-corrected chi connectivity index (χ3v) is 4.03. The second-order valence-corrected chi connectivity index (χ2v) is 6.07. The van der Waals surface area contributed by atoms with Crippen molar-refractivity contribution in [1.82, 2.24) is 10.2 Å². The molecule has 16 heavy (non-hydrogen) atoms. The van der Waals surface area contributed by atoms with Crippen LogP contribution in [0.3, 0.4) is 0 Å². The van der Waals surface area contributed by atoms with Gasteiger partial charge in [-0.05, 0) is 58.7 Å². The Morgan fingerprint density at radius 2 is 1.75 bits per heavy atom. The molecule has 0 heterocycles. The fraction of sp³-hybridized carbons (Fsp3) is 1.00. The Kier molecular flexibility index (Phi) is 5.77. The summed E-state index contributed by atoms with van der Waals surface area (Å²) in [6, 6.07) is 1.39. The predicted octanol–water partition coefficient (Wildman–Crippen LogP) is 2.74. The molecule has 0 aromatic rings. The molecule has 1 aliphatic carbocycles. The van der Waals surface area contributed by atoms with Gasteiger partial charge in [0, 0.05) is 12.1 Å². The van der Waals surface area contributed by atoms with Crippen molar-refractivity contribution < 1.29 is 0 Å². The standard InChI is InChI=1S/C14H30N2/c1-11-7-6-8-12(2)14(11)15-13(3)9-10-16(4)5/h11-15H,6-10H2,1-5H3. The van der Waals surface area contributed by atoms with E-state index in [4.69, 9.17) is 0 Å². The van der Waals surface area contributed by atoms with Gasteiger partial charge in [0.1, 0.15) is 0 Å². The van der Waals surface area contributed by atoms with E-state index in [0.29, 0.717) is 6.04 Å². The molecule has 0 spiro atoms. The highest BCUT2D eigenvalue weighted by Gasteiger charge is 2.28. The Morgan fingerprint density at radius 1 is 1.19 bits per heavy atom. The first-order chi connectivity index (χ1) is 7.50. The molecule has 96 valence electrons. The molecule has 3 atom stereocenters. The van der Waals surface area contributed by atoms with Crippen molar-refractivity contribution in [2.45, 2.75) is 58.5 Å². The van der Waals surface area contributed by atoms with Crippen LogP contribution in [-0.2, 0) is 0 Å². The Morgan fingerprint density at radius 3 is 2.25 bits per heavy atom. The van der Waals surface area contributed by atoms with E-state index in [9.17, 15) is 0 Å². The van der Waals surface area contributed by atoms with Crippen LogP contribution >= 0.6 is 0 Å². The molecule has 1 saturated carbocycles. The lowest BCUT2D eigenvalue weighted by Crippen LogP contribution is -2.47. The fourth-order valence-electron chi connectivity index (χ4n) is 2.87. The summed E-state index contributed by atoms with van der Waals surface area (Å²) in [7, 11) is 4.30. The van der Waals surface area contributed by atoms with Gasteiger partial charge < -0.3 is 10.2 Å². The highest BCUT2D eigenvalue weighted by molar-refractivity contribution is 4.85. The Bertz CT molecular complexity index is 181. The molecule has 0 saturated heterocycles. The maximum Gasteiger partial charge on any atom is 0.0121 e. The summed E-state index contributed by atoms with van der Waals surface area (Å²) in [5.74, 6) is 1.70. The van der Waals surface area contributed by atoms with E-state index in [1.165, 1.54) is 32.2 Å². The monoisotopic (exact) mass is 226 g/mol. The molecule has 1 fully saturated rings. The molecule has 2 heteroatoms. The third-order valence-electron chi connectivity index (χ3n) is 4.03. The molecule has 1 N–H and O–H groups in total. The zero-order valence-corrected chi connectivity index (χ0v) is 11.8. The van der Waals surface area contributed by atoms with Crippen LogP contribution in [0.5, 0.6) is 0 Å². The van der Waals surface area contributed by atoms with E-state index < -0.39 is 0 Å². The fourth-order valence-corrected chi connectivity index (χ4v) is 2.87. The maximum absolute atomic E-state index is 3.85. The van der Waals surface area contributed by atoms with Crippen LogP contribution in [0.4, 0.5) is 0 Å². The van der Waals surface area contributed by atoms with Gasteiger partial charge >= 0.3 is 0 Å². The lowest BCUT2D eigenvalue weighted by Gasteiger charge is -2.37. The number of rotatable bonds is 5. The van der Waals surface area contributed by atoms with E-state index >= 15 is 0 Å². The Labute approximate surface area is 102 Å². The van der Waals surface area contributed by atoms with Crippen molar-refractivity contribution in [3.05, 3.63) is 0 Å². The van der Waals surface area contributed by atoms with Crippen molar-refractivity contribution in [2.75, 3.05) is 20.6 Å². The van der Waals surface area contributed by atoms with E-state index in [1.807, 2.05) is 0 Å². The molecule has 0 radical (unpaired) electrons. The van der Waals surface area contributed by atoms with Gasteiger partial charge in [-0.25, -0.2) is 0 Å². The number of hydrogen-bond donors (Lipinski definition) is 1. The van der Waals surface area contributed by atoms with E-state index in [-0.39, 0.29) is 0 Å². The summed E-state index contributed by atoms with van der Waals surface area (Å²) in [6.07, 6.45) is 5.49. The molecular weight excluding hydrogens is 196 g/mol. The van der Waals surface area contributed by atoms with E-state index in [1.54, 1.807) is 0 Å². The van der Waals surface area contributed by atoms with Gasteiger partial charge in [0.2, 0.25) is 0 Å². The SMILES string of the molecule is CC(CCN(C)C)NC1C(C)CCCC1C. The van der Waals surface area contributed by atoms with Crippen molar-refractivity contribution in [1.29, 1.82) is 0 Å². The minimum atomic E-state index is 0.649. The molecule has 3 unspecified atom stereocenters. The molecular formula is C14H30N2. The van der Waals surface area contributed by atoms with Crippen LogP contribution in [0.1, 0.15) is 46.5 Å². The molecule has 1 rings (SSSR count). The van der Waals surface area contributed by atoms with Crippen LogP contribution in [0.15, 0.2) is 0 Å². The van der Waals surface area contributed by atoms with Crippen LogP contribution in [-0.4, -0.2) is 37.6 Å². The topological polar surface area (TPSA) is 15.3 Å². The lowest BCUT2D eigenvalue weighted by atomic mass is 9.78. The second kappa shape index (κ2) is 6.61. The molecule has 0 bridgehead atoms. The molecule has 0 aliphatic heterocycles. The molecule has 0 aromatic carbocycles. The molecule has 0 aromatic heterocycles. The first-order valence-electron chi connectivity index (χ1n) is 6.91. The second-order valence-electron chi connectivity index (χ2n) is 6.07. The van der Waals surface area contributed by atoms with Crippen LogP contribution in [0.25, 0.3) is 0 Å². The maximum atomic E-state index is 3.85. The van der Waals surface area contributed by atoms with Gasteiger partial charge in [-0.1, -0.05) is 20.3 Å². The van der Waals surface area contributed by atoms with Crippen LogP contribution in [0.2, 0.25) is 0 Å². The first kappa shape index (κ1) is 14.0. The zero-order valence-electron chi connectivity index (χ0n) is 11.8. The minimum absolute atomic E-state index is 0.649. The summed E-state index contributed by atoms with van der Waals surface area (Å²) >= 11 is 0. The quantitative estimate of drug-likeness (QED) is 0.775. The molecule has 0 amide bonds. The highest BCUT2D eigenvalue weighted by Crippen LogP contribution is 2.29. The van der Waals surface area contributed by atoms with Crippen molar-refractivity contribution in [2.24, 2.45) is 11.8 Å². The molecule has 2 nitrogen and oxygen atoms in total. The average Bonchev–Trinajstić information content (AvgIpc) is 2.21. The van der Waals surface area contributed by atoms with Crippen molar-refractivity contribution in [3.8, 4) is 0 Å². The summed E-state index contributed by atoms with van der Waals surface area (Å²) < 4.78 is 0. The zero-order chi connectivity index (χ0) is 12.1. The van der Waals surface area contributed by atoms with Gasteiger partial charge in [0.15, 0.2) is 0 Å². The van der Waals surface area contributed by atoms with Gasteiger partial charge in [-0.3, -0.25) is 0 Å². The smallest absolute Gasteiger partial charge is 0.0121 e. The first-order valence-corrected chi connectivity index (χ1v) is 6.91. The lowest BCUT2D eigenvalue weighted by molar-refractivity contribution is 0.190. The van der Waals surface area contributed by atoms with E-state index in [2.05, 4.69) is 45.1 Å². The molecule has 1 aliphatic rings. The normalized spacial score (nSPS) is 33.0. The number of nitrogens with zero attached hydrogens (tertiary/aromatic N) is 1. The number of hydrogen-bond acceptors (Lipinski definition) is 2. The van der Waals surface area contributed by atoms with Crippen LogP contribution < -0.4 is 5.32 Å². The van der Waals surface area contributed by atoms with Crippen molar-refractivity contribution >= 4 is 0 Å². The van der Waals surface area contributed by atoms with Gasteiger partial charge in [0.05, 0.1) is 0 Å². The summed E-state index contributed by atoms with van der Waals surface area (Å²) in [5, 5.41) is 3.85. The van der Waals surface area contributed by atoms with E-state index in [0.717, 1.165) is 17.9 Å². The average molecular weight is 226 g/mol. The predicted molar refractivity (Wildman–Crippen MR) is 71.7 cm³/mol. The summed E-state index contributed by atoms with van der Waals surface area (Å²) in [6.45, 7) is 8.33. The van der Waals surface area contributed by atoms with Gasteiger partial charge in [0.25, 0.3) is 0 Å². The summed E-state index contributed by atoms with van der Waals surface area (Å²) in [5.41, 5.74) is 0. The summed E-state index contributed by atoms with van der Waals surface area (Å²) in [4.78, 5) is 2.27. The third kappa shape index (κ3) is 4.42. The van der Waals surface area contributed by atoms with Gasteiger partial charge in [-0.2, -0.15) is 0 Å².